The molecule has 0 spiro atoms. The zero-order valence-electron chi connectivity index (χ0n) is 32.9. The molecule has 0 heterocycles. The summed E-state index contributed by atoms with van der Waals surface area (Å²) in [5, 5.41) is 4.97. The Kier molecular flexibility index (Phi) is 8.34. The molecule has 0 N–H and O–H groups in total. The van der Waals surface area contributed by atoms with Gasteiger partial charge >= 0.3 is 0 Å². The molecule has 59 heavy (non-hydrogen) atoms. The SMILES string of the molecule is CC1(c2ccccc2)c2ccccc2-c2cc(N(c3ccc(-c4ccccc4)cc3)c3ccc4c(c3)c(-c3ccccc3)c(-c3ccccc3)c3ccccc34)ccc21. The normalized spacial score (nSPS) is 14.3. The van der Waals surface area contributed by atoms with Crippen molar-refractivity contribution in [1.82, 2.24) is 0 Å². The Labute approximate surface area is 346 Å². The van der Waals surface area contributed by atoms with Gasteiger partial charge < -0.3 is 4.90 Å². The monoisotopic (exact) mass is 751 g/mol. The summed E-state index contributed by atoms with van der Waals surface area (Å²) in [5.74, 6) is 0. The third-order valence-corrected chi connectivity index (χ3v) is 12.5. The van der Waals surface area contributed by atoms with E-state index in [4.69, 9.17) is 0 Å². The zero-order valence-corrected chi connectivity index (χ0v) is 32.9. The van der Waals surface area contributed by atoms with Crippen LogP contribution in [0.3, 0.4) is 0 Å². The van der Waals surface area contributed by atoms with E-state index in [0.717, 1.165) is 17.1 Å². The van der Waals surface area contributed by atoms with Crippen LogP contribution in [-0.4, -0.2) is 0 Å². The first kappa shape index (κ1) is 34.7. The van der Waals surface area contributed by atoms with E-state index in [1.807, 2.05) is 0 Å². The lowest BCUT2D eigenvalue weighted by molar-refractivity contribution is 0.714. The molecular weight excluding hydrogens is 711 g/mol. The second-order valence-electron chi connectivity index (χ2n) is 15.8. The highest BCUT2D eigenvalue weighted by atomic mass is 15.1. The fourth-order valence-corrected chi connectivity index (χ4v) is 9.72. The minimum atomic E-state index is -0.268. The van der Waals surface area contributed by atoms with Gasteiger partial charge in [0, 0.05) is 22.5 Å². The number of benzene rings is 10. The van der Waals surface area contributed by atoms with Crippen LogP contribution in [0.4, 0.5) is 17.1 Å². The van der Waals surface area contributed by atoms with E-state index in [0.29, 0.717) is 0 Å². The van der Waals surface area contributed by atoms with E-state index in [9.17, 15) is 0 Å². The second-order valence-corrected chi connectivity index (χ2v) is 15.8. The number of rotatable bonds is 7. The molecule has 0 aliphatic heterocycles. The standard InChI is InChI=1S/C58H41N/c1-58(44-24-12-5-13-25-44)54-29-17-16-27-50(54)52-38-47(35-37-55(52)58)59(45-32-30-41(31-33-45)40-18-6-2-7-19-40)46-34-36-49-48-26-14-15-28-51(48)56(42-20-8-3-9-21-42)57(53(49)39-46)43-22-10-4-11-23-43/h2-39H,1H3. The van der Waals surface area contributed by atoms with Crippen LogP contribution >= 0.6 is 0 Å². The van der Waals surface area contributed by atoms with E-state index in [-0.39, 0.29) is 5.41 Å². The quantitative estimate of drug-likeness (QED) is 0.147. The number of nitrogens with zero attached hydrogens (tertiary/aromatic N) is 1. The maximum absolute atomic E-state index is 2.45. The molecule has 0 bridgehead atoms. The fourth-order valence-electron chi connectivity index (χ4n) is 9.72. The zero-order chi connectivity index (χ0) is 39.3. The van der Waals surface area contributed by atoms with E-state index < -0.39 is 0 Å². The van der Waals surface area contributed by atoms with Gasteiger partial charge in [-0.2, -0.15) is 0 Å². The van der Waals surface area contributed by atoms with Crippen molar-refractivity contribution >= 4 is 38.6 Å². The average Bonchev–Trinajstić information content (AvgIpc) is 3.58. The van der Waals surface area contributed by atoms with E-state index in [2.05, 4.69) is 242 Å². The number of fused-ring (bicyclic) bond motifs is 6. The first-order valence-electron chi connectivity index (χ1n) is 20.5. The van der Waals surface area contributed by atoms with Crippen LogP contribution in [0.15, 0.2) is 231 Å². The molecule has 1 atom stereocenters. The summed E-state index contributed by atoms with van der Waals surface area (Å²) >= 11 is 0. The molecule has 1 heteroatoms. The van der Waals surface area contributed by atoms with Crippen LogP contribution in [-0.2, 0) is 5.41 Å². The molecule has 1 aliphatic rings. The molecule has 0 aromatic heterocycles. The largest absolute Gasteiger partial charge is 0.310 e. The Hall–Kier alpha value is -7.48. The van der Waals surface area contributed by atoms with Crippen LogP contribution in [0, 0.1) is 0 Å². The molecule has 278 valence electrons. The maximum Gasteiger partial charge on any atom is 0.0468 e. The average molecular weight is 752 g/mol. The lowest BCUT2D eigenvalue weighted by Gasteiger charge is -2.30. The predicted molar refractivity (Wildman–Crippen MR) is 250 cm³/mol. The van der Waals surface area contributed by atoms with Crippen molar-refractivity contribution in [2.75, 3.05) is 4.90 Å². The van der Waals surface area contributed by atoms with Crippen molar-refractivity contribution in [1.29, 1.82) is 0 Å². The molecule has 0 radical (unpaired) electrons. The van der Waals surface area contributed by atoms with Gasteiger partial charge in [0.1, 0.15) is 0 Å². The van der Waals surface area contributed by atoms with Crippen molar-refractivity contribution in [3.05, 3.63) is 247 Å². The highest BCUT2D eigenvalue weighted by Gasteiger charge is 2.40. The van der Waals surface area contributed by atoms with Crippen LogP contribution in [0.2, 0.25) is 0 Å². The van der Waals surface area contributed by atoms with Gasteiger partial charge in [-0.1, -0.05) is 194 Å². The van der Waals surface area contributed by atoms with Gasteiger partial charge in [-0.3, -0.25) is 0 Å². The van der Waals surface area contributed by atoms with E-state index in [1.165, 1.54) is 82.7 Å². The molecule has 0 fully saturated rings. The molecule has 0 amide bonds. The predicted octanol–water partition coefficient (Wildman–Crippen LogP) is 15.8. The van der Waals surface area contributed by atoms with Gasteiger partial charge in [-0.15, -0.1) is 0 Å². The molecule has 1 nitrogen and oxygen atoms in total. The van der Waals surface area contributed by atoms with Crippen LogP contribution in [0.5, 0.6) is 0 Å². The van der Waals surface area contributed by atoms with Gasteiger partial charge in [0.2, 0.25) is 0 Å². The molecule has 1 aliphatic carbocycles. The molecule has 10 aromatic rings. The Bertz CT molecular complexity index is 3130. The summed E-state index contributed by atoms with van der Waals surface area (Å²) in [6, 6.07) is 84.5. The maximum atomic E-state index is 2.45. The highest BCUT2D eigenvalue weighted by Crippen LogP contribution is 2.54. The number of hydrogen-bond donors (Lipinski definition) is 0. The summed E-state index contributed by atoms with van der Waals surface area (Å²) in [7, 11) is 0. The number of hydrogen-bond acceptors (Lipinski definition) is 1. The van der Waals surface area contributed by atoms with Crippen molar-refractivity contribution in [2.45, 2.75) is 12.3 Å². The summed E-state index contributed by atoms with van der Waals surface area (Å²) in [4.78, 5) is 2.45. The molecule has 0 saturated heterocycles. The Balaban J connectivity index is 1.17. The summed E-state index contributed by atoms with van der Waals surface area (Å²) < 4.78 is 0. The third-order valence-electron chi connectivity index (χ3n) is 12.5. The van der Waals surface area contributed by atoms with E-state index in [1.54, 1.807) is 0 Å². The van der Waals surface area contributed by atoms with Crippen molar-refractivity contribution in [3.8, 4) is 44.5 Å². The van der Waals surface area contributed by atoms with Crippen molar-refractivity contribution in [3.63, 3.8) is 0 Å². The van der Waals surface area contributed by atoms with Crippen molar-refractivity contribution in [2.24, 2.45) is 0 Å². The lowest BCUT2D eigenvalue weighted by Crippen LogP contribution is -2.22. The topological polar surface area (TPSA) is 3.24 Å². The third kappa shape index (κ3) is 5.69. The van der Waals surface area contributed by atoms with Gasteiger partial charge in [-0.05, 0) is 126 Å². The molecule has 10 aromatic carbocycles. The first-order chi connectivity index (χ1) is 29.2. The molecular formula is C58H41N. The van der Waals surface area contributed by atoms with Crippen LogP contribution < -0.4 is 4.90 Å². The minimum absolute atomic E-state index is 0.268. The Morgan fingerprint density at radius 3 is 1.44 bits per heavy atom. The minimum Gasteiger partial charge on any atom is -0.310 e. The molecule has 0 saturated carbocycles. The second kappa shape index (κ2) is 14.2. The van der Waals surface area contributed by atoms with Crippen molar-refractivity contribution < 1.29 is 0 Å². The van der Waals surface area contributed by atoms with E-state index >= 15 is 0 Å². The van der Waals surface area contributed by atoms with Crippen LogP contribution in [0.25, 0.3) is 66.1 Å². The fraction of sp³-hybridized carbons (Fsp3) is 0.0345. The number of anilines is 3. The molecule has 1 unspecified atom stereocenters. The highest BCUT2D eigenvalue weighted by molar-refractivity contribution is 6.22. The molecule has 11 rings (SSSR count). The van der Waals surface area contributed by atoms with Gasteiger partial charge in [0.15, 0.2) is 0 Å². The first-order valence-corrected chi connectivity index (χ1v) is 20.5. The summed E-state index contributed by atoms with van der Waals surface area (Å²) in [5.41, 5.74) is 16.9. The van der Waals surface area contributed by atoms with Gasteiger partial charge in [0.05, 0.1) is 0 Å². The smallest absolute Gasteiger partial charge is 0.0468 e. The lowest BCUT2D eigenvalue weighted by atomic mass is 9.74. The van der Waals surface area contributed by atoms with Crippen LogP contribution in [0.1, 0.15) is 23.6 Å². The van der Waals surface area contributed by atoms with Gasteiger partial charge in [0.25, 0.3) is 0 Å². The summed E-state index contributed by atoms with van der Waals surface area (Å²) in [6.07, 6.45) is 0. The Morgan fingerprint density at radius 1 is 0.305 bits per heavy atom. The van der Waals surface area contributed by atoms with Gasteiger partial charge in [-0.25, -0.2) is 0 Å². The summed E-state index contributed by atoms with van der Waals surface area (Å²) in [6.45, 7) is 2.38. The Morgan fingerprint density at radius 2 is 0.763 bits per heavy atom.